The summed E-state index contributed by atoms with van der Waals surface area (Å²) >= 11 is 3.61. The van der Waals surface area contributed by atoms with Crippen molar-refractivity contribution in [1.29, 1.82) is 0 Å². The summed E-state index contributed by atoms with van der Waals surface area (Å²) in [6, 6.07) is 42.8. The lowest BCUT2D eigenvalue weighted by Crippen LogP contribution is -1.97. The van der Waals surface area contributed by atoms with Crippen LogP contribution in [0.1, 0.15) is 0 Å². The van der Waals surface area contributed by atoms with Gasteiger partial charge < -0.3 is 0 Å². The Morgan fingerprint density at radius 3 is 1.77 bits per heavy atom. The number of fused-ring (bicyclic) bond motifs is 5. The van der Waals surface area contributed by atoms with Crippen LogP contribution in [-0.4, -0.2) is 14.0 Å². The average molecular weight is 514 g/mol. The molecule has 0 aliphatic carbocycles. The molecule has 5 aromatic carbocycles. The van der Waals surface area contributed by atoms with Crippen LogP contribution in [0.5, 0.6) is 0 Å². The van der Waals surface area contributed by atoms with Gasteiger partial charge in [-0.2, -0.15) is 0 Å². The van der Waals surface area contributed by atoms with E-state index >= 15 is 0 Å². The molecule has 0 saturated heterocycles. The number of para-hydroxylation sites is 2. The molecule has 0 N–H and O–H groups in total. The van der Waals surface area contributed by atoms with E-state index in [2.05, 4.69) is 146 Å². The van der Waals surface area contributed by atoms with Gasteiger partial charge in [0.2, 0.25) is 5.78 Å². The predicted molar refractivity (Wildman–Crippen MR) is 148 cm³/mol. The van der Waals surface area contributed by atoms with Gasteiger partial charge in [-0.25, -0.2) is 4.98 Å². The summed E-state index contributed by atoms with van der Waals surface area (Å²) in [5.74, 6) is 0.906. The van der Waals surface area contributed by atoms with Gasteiger partial charge in [0.15, 0.2) is 0 Å². The van der Waals surface area contributed by atoms with Crippen molar-refractivity contribution in [2.24, 2.45) is 0 Å². The van der Waals surface area contributed by atoms with E-state index in [1.165, 1.54) is 22.3 Å². The van der Waals surface area contributed by atoms with Crippen LogP contribution in [0.15, 0.2) is 126 Å². The Labute approximate surface area is 211 Å². The zero-order chi connectivity index (χ0) is 23.4. The number of rotatable bonds is 3. The van der Waals surface area contributed by atoms with Gasteiger partial charge in [-0.05, 0) is 70.8 Å². The minimum Gasteiger partial charge on any atom is -0.278 e. The van der Waals surface area contributed by atoms with Gasteiger partial charge in [-0.15, -0.1) is 0 Å². The highest BCUT2D eigenvalue weighted by molar-refractivity contribution is 9.10. The summed E-state index contributed by atoms with van der Waals surface area (Å²) in [7, 11) is 0. The third kappa shape index (κ3) is 3.29. The van der Waals surface area contributed by atoms with Gasteiger partial charge in [0, 0.05) is 4.47 Å². The van der Waals surface area contributed by atoms with Gasteiger partial charge in [0.05, 0.1) is 27.8 Å². The lowest BCUT2D eigenvalue weighted by molar-refractivity contribution is 1.11. The Morgan fingerprint density at radius 1 is 0.514 bits per heavy atom. The van der Waals surface area contributed by atoms with Crippen molar-refractivity contribution in [2.45, 2.75) is 0 Å². The lowest BCUT2D eigenvalue weighted by atomic mass is 9.98. The largest absolute Gasteiger partial charge is 0.278 e. The summed E-state index contributed by atoms with van der Waals surface area (Å²) in [5.41, 5.74) is 10.2. The summed E-state index contributed by atoms with van der Waals surface area (Å²) < 4.78 is 5.57. The molecule has 4 heteroatoms. The molecule has 7 aromatic rings. The molecule has 0 saturated carbocycles. The Morgan fingerprint density at radius 2 is 1.11 bits per heavy atom. The smallest absolute Gasteiger partial charge is 0.220 e. The van der Waals surface area contributed by atoms with Gasteiger partial charge in [-0.3, -0.25) is 8.97 Å². The molecule has 0 amide bonds. The van der Waals surface area contributed by atoms with Gasteiger partial charge in [-0.1, -0.05) is 88.7 Å². The van der Waals surface area contributed by atoms with E-state index in [4.69, 9.17) is 4.98 Å². The number of aromatic nitrogens is 3. The van der Waals surface area contributed by atoms with E-state index < -0.39 is 0 Å². The molecule has 166 valence electrons. The fourth-order valence-electron chi connectivity index (χ4n) is 4.97. The Hall–Kier alpha value is -4.15. The monoisotopic (exact) mass is 513 g/mol. The first-order chi connectivity index (χ1) is 17.3. The minimum atomic E-state index is 0.906. The summed E-state index contributed by atoms with van der Waals surface area (Å²) in [5, 5.41) is 0. The highest BCUT2D eigenvalue weighted by Crippen LogP contribution is 2.34. The average Bonchev–Trinajstić information content (AvgIpc) is 3.43. The molecular formula is C31H20BrN3. The van der Waals surface area contributed by atoms with E-state index in [0.717, 1.165) is 38.0 Å². The van der Waals surface area contributed by atoms with Crippen molar-refractivity contribution < 1.29 is 0 Å². The lowest BCUT2D eigenvalue weighted by Gasteiger charge is -2.12. The molecule has 2 aromatic heterocycles. The molecule has 0 bridgehead atoms. The van der Waals surface area contributed by atoms with E-state index in [-0.39, 0.29) is 0 Å². The van der Waals surface area contributed by atoms with Gasteiger partial charge in [0.25, 0.3) is 0 Å². The number of hydrogen-bond acceptors (Lipinski definition) is 1. The summed E-state index contributed by atoms with van der Waals surface area (Å²) in [6.07, 6.45) is 0. The molecule has 0 aliphatic heterocycles. The molecule has 0 atom stereocenters. The molecule has 7 rings (SSSR count). The van der Waals surface area contributed by atoms with Crippen molar-refractivity contribution >= 4 is 43.8 Å². The molecule has 35 heavy (non-hydrogen) atoms. The predicted octanol–water partition coefficient (Wildman–Crippen LogP) is 8.53. The highest BCUT2D eigenvalue weighted by Gasteiger charge is 2.18. The number of imidazole rings is 2. The molecular weight excluding hydrogens is 494 g/mol. The van der Waals surface area contributed by atoms with Crippen molar-refractivity contribution in [3.05, 3.63) is 126 Å². The van der Waals surface area contributed by atoms with Crippen LogP contribution >= 0.6 is 15.9 Å². The molecule has 2 heterocycles. The van der Waals surface area contributed by atoms with Crippen LogP contribution < -0.4 is 0 Å². The first kappa shape index (κ1) is 20.2. The fourth-order valence-corrected chi connectivity index (χ4v) is 5.32. The normalized spacial score (nSPS) is 11.6. The number of halogens is 1. The molecule has 0 unspecified atom stereocenters. The number of benzene rings is 5. The van der Waals surface area contributed by atoms with Crippen molar-refractivity contribution in [3.63, 3.8) is 0 Å². The second-order valence-electron chi connectivity index (χ2n) is 8.70. The first-order valence-corrected chi connectivity index (χ1v) is 12.4. The van der Waals surface area contributed by atoms with E-state index in [0.29, 0.717) is 0 Å². The molecule has 0 fully saturated rings. The maximum absolute atomic E-state index is 5.09. The second-order valence-corrected chi connectivity index (χ2v) is 9.62. The zero-order valence-electron chi connectivity index (χ0n) is 18.8. The quantitative estimate of drug-likeness (QED) is 0.232. The van der Waals surface area contributed by atoms with Crippen molar-refractivity contribution in [1.82, 2.24) is 14.0 Å². The summed E-state index contributed by atoms with van der Waals surface area (Å²) in [4.78, 5) is 5.09. The van der Waals surface area contributed by atoms with E-state index in [9.17, 15) is 0 Å². The fraction of sp³-hybridized carbons (Fsp3) is 0. The van der Waals surface area contributed by atoms with Crippen LogP contribution in [0.3, 0.4) is 0 Å². The van der Waals surface area contributed by atoms with Crippen molar-refractivity contribution in [3.8, 4) is 27.9 Å². The molecule has 3 nitrogen and oxygen atoms in total. The molecule has 0 radical (unpaired) electrons. The maximum atomic E-state index is 5.09. The minimum absolute atomic E-state index is 0.906. The summed E-state index contributed by atoms with van der Waals surface area (Å²) in [6.45, 7) is 0. The Balaban J connectivity index is 1.59. The number of nitrogens with zero attached hydrogens (tertiary/aromatic N) is 3. The standard InChI is InChI=1S/C31H20BrN3/c32-25-15-16-28-27(20-25)33-31-34(29-13-7-8-14-30(29)35(28)31)26-18-23(21-9-3-1-4-10-21)17-24(19-26)22-11-5-2-6-12-22/h1-20H. The van der Waals surface area contributed by atoms with E-state index in [1.807, 2.05) is 0 Å². The van der Waals surface area contributed by atoms with Gasteiger partial charge in [0.1, 0.15) is 0 Å². The SMILES string of the molecule is Brc1ccc2c(c1)nc1n(-c3cc(-c4ccccc4)cc(-c4ccccc4)c3)c3ccccc3n21. The molecule has 0 spiro atoms. The maximum Gasteiger partial charge on any atom is 0.220 e. The van der Waals surface area contributed by atoms with Gasteiger partial charge >= 0.3 is 0 Å². The van der Waals surface area contributed by atoms with Crippen LogP contribution in [-0.2, 0) is 0 Å². The van der Waals surface area contributed by atoms with Crippen molar-refractivity contribution in [2.75, 3.05) is 0 Å². The van der Waals surface area contributed by atoms with Crippen LogP contribution in [0.2, 0.25) is 0 Å². The first-order valence-electron chi connectivity index (χ1n) is 11.6. The topological polar surface area (TPSA) is 22.2 Å². The van der Waals surface area contributed by atoms with Crippen LogP contribution in [0, 0.1) is 0 Å². The Kier molecular flexibility index (Phi) is 4.61. The highest BCUT2D eigenvalue weighted by atomic mass is 79.9. The van der Waals surface area contributed by atoms with Crippen LogP contribution in [0.25, 0.3) is 55.8 Å². The molecule has 0 aliphatic rings. The Bertz CT molecular complexity index is 1790. The zero-order valence-corrected chi connectivity index (χ0v) is 20.4. The third-order valence-electron chi connectivity index (χ3n) is 6.55. The van der Waals surface area contributed by atoms with Crippen LogP contribution in [0.4, 0.5) is 0 Å². The van der Waals surface area contributed by atoms with E-state index in [1.54, 1.807) is 0 Å². The second kappa shape index (κ2) is 7.97. The third-order valence-corrected chi connectivity index (χ3v) is 7.05. The number of hydrogen-bond donors (Lipinski definition) is 0.